The van der Waals surface area contributed by atoms with Crippen LogP contribution in [0.25, 0.3) is 0 Å². The number of carbonyl (C=O) groups is 1. The molecule has 0 aliphatic rings. The number of halogens is 1. The molecule has 0 aliphatic carbocycles. The lowest BCUT2D eigenvalue weighted by Crippen LogP contribution is -2.18. The summed E-state index contributed by atoms with van der Waals surface area (Å²) in [6.45, 7) is 1.74. The molecule has 0 atom stereocenters. The summed E-state index contributed by atoms with van der Waals surface area (Å²) in [5.41, 5.74) is 2.81. The largest absolute Gasteiger partial charge is 0.868 e. The molecule has 1 amide bonds. The predicted octanol–water partition coefficient (Wildman–Crippen LogP) is 1.23. The lowest BCUT2D eigenvalue weighted by atomic mass is 10.2. The first-order valence-electron chi connectivity index (χ1n) is 5.89. The number of nitrogens with one attached hydrogen (secondary N) is 2. The molecule has 1 aromatic carbocycles. The van der Waals surface area contributed by atoms with Gasteiger partial charge in [-0.1, -0.05) is 12.1 Å². The fraction of sp³-hybridized carbons (Fsp3) is 0.0833. The van der Waals surface area contributed by atoms with E-state index < -0.39 is 22.3 Å². The van der Waals surface area contributed by atoms with E-state index >= 15 is 0 Å². The van der Waals surface area contributed by atoms with Gasteiger partial charge in [-0.3, -0.25) is 20.0 Å². The van der Waals surface area contributed by atoms with Crippen molar-refractivity contribution in [1.29, 1.82) is 0 Å². The van der Waals surface area contributed by atoms with Crippen LogP contribution in [0.4, 0.5) is 5.69 Å². The third-order valence-electron chi connectivity index (χ3n) is 2.65. The van der Waals surface area contributed by atoms with Crippen molar-refractivity contribution in [3.8, 4) is 5.75 Å². The van der Waals surface area contributed by atoms with Crippen molar-refractivity contribution >= 4 is 33.7 Å². The monoisotopic (exact) mass is 366 g/mol. The average molecular weight is 367 g/mol. The average Bonchev–Trinajstić information content (AvgIpc) is 2.80. The second-order valence-electron chi connectivity index (χ2n) is 4.19. The second-order valence-corrected chi connectivity index (χ2v) is 4.99. The molecule has 1 heterocycles. The number of H-pyrrole nitrogens is 1. The van der Waals surface area contributed by atoms with Crippen molar-refractivity contribution < 1.29 is 14.8 Å². The molecule has 0 radical (unpaired) electrons. The van der Waals surface area contributed by atoms with E-state index in [-0.39, 0.29) is 5.69 Å². The Morgan fingerprint density at radius 3 is 2.86 bits per heavy atom. The summed E-state index contributed by atoms with van der Waals surface area (Å²) in [5, 5.41) is 32.0. The molecule has 0 unspecified atom stereocenters. The molecule has 2 N–H and O–H groups in total. The number of hydrazone groups is 1. The SMILES string of the molecule is Cc1[nH]nc(C(=O)N/N=C\c2ccc([O-])c([N+](=O)[O-])c2)c1Br. The lowest BCUT2D eigenvalue weighted by Gasteiger charge is -2.05. The standard InChI is InChI=1S/C12H10BrN5O4/c1-6-10(13)11(16-15-6)12(20)17-14-5-7-2-3-9(19)8(4-7)18(21)22/h2-5,19H,1H3,(H,15,16)(H,17,20)/p-1/b14-5-. The number of hydrogen-bond donors (Lipinski definition) is 2. The Balaban J connectivity index is 2.10. The Hall–Kier alpha value is -2.75. The van der Waals surface area contributed by atoms with Gasteiger partial charge in [-0.15, -0.1) is 0 Å². The molecule has 2 rings (SSSR count). The Kier molecular flexibility index (Phi) is 4.51. The van der Waals surface area contributed by atoms with Gasteiger partial charge in [-0.05, 0) is 28.6 Å². The minimum atomic E-state index is -0.776. The van der Waals surface area contributed by atoms with Gasteiger partial charge in [0.1, 0.15) is 0 Å². The minimum absolute atomic E-state index is 0.135. The van der Waals surface area contributed by atoms with E-state index in [2.05, 4.69) is 36.7 Å². The van der Waals surface area contributed by atoms with E-state index in [0.29, 0.717) is 15.7 Å². The third kappa shape index (κ3) is 3.28. The number of aromatic amines is 1. The van der Waals surface area contributed by atoms with Crippen LogP contribution < -0.4 is 10.5 Å². The summed E-state index contributed by atoms with van der Waals surface area (Å²) in [7, 11) is 0. The van der Waals surface area contributed by atoms with Crippen molar-refractivity contribution in [1.82, 2.24) is 15.6 Å². The highest BCUT2D eigenvalue weighted by Crippen LogP contribution is 2.23. The summed E-state index contributed by atoms with van der Waals surface area (Å²) < 4.78 is 0.520. The highest BCUT2D eigenvalue weighted by molar-refractivity contribution is 9.10. The molecule has 0 spiro atoms. The van der Waals surface area contributed by atoms with E-state index in [1.807, 2.05) is 0 Å². The van der Waals surface area contributed by atoms with Crippen molar-refractivity contribution in [2.45, 2.75) is 6.92 Å². The predicted molar refractivity (Wildman–Crippen MR) is 78.6 cm³/mol. The molecule has 9 nitrogen and oxygen atoms in total. The van der Waals surface area contributed by atoms with Crippen LogP contribution in [0.2, 0.25) is 0 Å². The maximum atomic E-state index is 11.8. The van der Waals surface area contributed by atoms with E-state index in [9.17, 15) is 20.0 Å². The van der Waals surface area contributed by atoms with Crippen LogP contribution in [0.15, 0.2) is 27.8 Å². The summed E-state index contributed by atoms with van der Waals surface area (Å²) in [4.78, 5) is 21.7. The number of nitrogens with zero attached hydrogens (tertiary/aromatic N) is 3. The summed E-state index contributed by atoms with van der Waals surface area (Å²) in [5.74, 6) is -1.25. The molecule has 1 aromatic heterocycles. The van der Waals surface area contributed by atoms with Crippen molar-refractivity contribution in [2.75, 3.05) is 0 Å². The number of benzene rings is 1. The minimum Gasteiger partial charge on any atom is -0.868 e. The van der Waals surface area contributed by atoms with E-state index in [0.717, 1.165) is 12.1 Å². The molecule has 10 heteroatoms. The van der Waals surface area contributed by atoms with Crippen molar-refractivity contribution in [2.24, 2.45) is 5.10 Å². The van der Waals surface area contributed by atoms with Gasteiger partial charge in [0, 0.05) is 17.3 Å². The Labute approximate surface area is 132 Å². The molecule has 0 aliphatic heterocycles. The molecule has 114 valence electrons. The first-order chi connectivity index (χ1) is 10.4. The maximum absolute atomic E-state index is 11.8. The Bertz CT molecular complexity index is 771. The summed E-state index contributed by atoms with van der Waals surface area (Å²) in [6, 6.07) is 3.50. The van der Waals surface area contributed by atoms with E-state index in [1.165, 1.54) is 12.3 Å². The number of carbonyl (C=O) groups excluding carboxylic acids is 1. The normalized spacial score (nSPS) is 10.8. The topological polar surface area (TPSA) is 136 Å². The van der Waals surface area contributed by atoms with Crippen molar-refractivity contribution in [3.63, 3.8) is 0 Å². The van der Waals surface area contributed by atoms with Gasteiger partial charge in [-0.2, -0.15) is 10.2 Å². The second kappa shape index (κ2) is 6.35. The van der Waals surface area contributed by atoms with E-state index in [1.54, 1.807) is 6.92 Å². The zero-order valence-corrected chi connectivity index (χ0v) is 12.7. The molecule has 0 saturated carbocycles. The highest BCUT2D eigenvalue weighted by Gasteiger charge is 2.14. The Morgan fingerprint density at radius 1 is 1.55 bits per heavy atom. The quantitative estimate of drug-likeness (QED) is 0.476. The molecule has 0 fully saturated rings. The van der Waals surface area contributed by atoms with Crippen LogP contribution in [0.5, 0.6) is 5.75 Å². The third-order valence-corrected chi connectivity index (χ3v) is 3.62. The summed E-state index contributed by atoms with van der Waals surface area (Å²) >= 11 is 3.20. The van der Waals surface area contributed by atoms with Gasteiger partial charge in [0.25, 0.3) is 11.6 Å². The number of amides is 1. The van der Waals surface area contributed by atoms with Gasteiger partial charge in [0.05, 0.1) is 15.6 Å². The number of rotatable bonds is 4. The zero-order chi connectivity index (χ0) is 16.3. The van der Waals surface area contributed by atoms with Crippen LogP contribution in [0, 0.1) is 17.0 Å². The zero-order valence-electron chi connectivity index (χ0n) is 11.2. The number of nitro benzene ring substituents is 1. The molecule has 2 aromatic rings. The van der Waals surface area contributed by atoms with Crippen LogP contribution >= 0.6 is 15.9 Å². The molecule has 22 heavy (non-hydrogen) atoms. The number of aromatic nitrogens is 2. The highest BCUT2D eigenvalue weighted by atomic mass is 79.9. The van der Waals surface area contributed by atoms with Gasteiger partial charge in [0.2, 0.25) is 0 Å². The molecule has 0 bridgehead atoms. The lowest BCUT2D eigenvalue weighted by molar-refractivity contribution is -0.398. The molecular weight excluding hydrogens is 358 g/mol. The van der Waals surface area contributed by atoms with Crippen LogP contribution in [-0.4, -0.2) is 27.2 Å². The Morgan fingerprint density at radius 2 is 2.27 bits per heavy atom. The number of nitro groups is 1. The first kappa shape index (κ1) is 15.6. The van der Waals surface area contributed by atoms with Crippen molar-refractivity contribution in [3.05, 3.63) is 49.7 Å². The van der Waals surface area contributed by atoms with Crippen LogP contribution in [-0.2, 0) is 0 Å². The van der Waals surface area contributed by atoms with Gasteiger partial charge < -0.3 is 5.11 Å². The van der Waals surface area contributed by atoms with Gasteiger partial charge in [-0.25, -0.2) is 5.43 Å². The fourth-order valence-electron chi connectivity index (χ4n) is 1.54. The molecular formula is C12H9BrN5O4-. The molecule has 0 saturated heterocycles. The maximum Gasteiger partial charge on any atom is 0.293 e. The van der Waals surface area contributed by atoms with Crippen LogP contribution in [0.1, 0.15) is 21.7 Å². The van der Waals surface area contributed by atoms with E-state index in [4.69, 9.17) is 0 Å². The van der Waals surface area contributed by atoms with Crippen LogP contribution in [0.3, 0.4) is 0 Å². The first-order valence-corrected chi connectivity index (χ1v) is 6.68. The van der Waals surface area contributed by atoms with Gasteiger partial charge >= 0.3 is 0 Å². The fourth-order valence-corrected chi connectivity index (χ4v) is 1.90. The smallest absolute Gasteiger partial charge is 0.293 e. The number of aryl methyl sites for hydroxylation is 1. The number of hydrogen-bond acceptors (Lipinski definition) is 6. The van der Waals surface area contributed by atoms with Gasteiger partial charge in [0.15, 0.2) is 5.69 Å². The summed E-state index contributed by atoms with van der Waals surface area (Å²) in [6.07, 6.45) is 1.19.